The number of hydrogen-bond acceptors (Lipinski definition) is 14. The van der Waals surface area contributed by atoms with Crippen molar-refractivity contribution in [2.45, 2.75) is 88.1 Å². The number of carboxylic acid groups (broad SMARTS) is 2. The summed E-state index contributed by atoms with van der Waals surface area (Å²) in [5, 5.41) is 80.6. The van der Waals surface area contributed by atoms with E-state index in [1.807, 2.05) is 25.1 Å². The molecule has 12 atom stereocenters. The van der Waals surface area contributed by atoms with Crippen molar-refractivity contribution in [2.75, 3.05) is 14.2 Å². The summed E-state index contributed by atoms with van der Waals surface area (Å²) in [4.78, 5) is 23.3. The monoisotopic (exact) mass is 682 g/mol. The van der Waals surface area contributed by atoms with Gasteiger partial charge in [-0.05, 0) is 60.1 Å². The Balaban J connectivity index is 1.60. The minimum absolute atomic E-state index is 0.0686. The number of aliphatic hydroxyl groups excluding tert-OH is 6. The van der Waals surface area contributed by atoms with Gasteiger partial charge < -0.3 is 69.3 Å². The van der Waals surface area contributed by atoms with E-state index in [9.17, 15) is 50.4 Å². The third-order valence-electron chi connectivity index (χ3n) is 8.66. The van der Waals surface area contributed by atoms with Gasteiger partial charge in [0.1, 0.15) is 36.6 Å². The predicted octanol–water partition coefficient (Wildman–Crippen LogP) is -0.697. The Kier molecular flexibility index (Phi) is 12.1. The first-order valence-electron chi connectivity index (χ1n) is 15.2. The quantitative estimate of drug-likeness (QED) is 0.130. The Morgan fingerprint density at radius 3 is 1.42 bits per heavy atom. The molecule has 16 heteroatoms. The summed E-state index contributed by atoms with van der Waals surface area (Å²) in [6, 6.07) is 10.2. The van der Waals surface area contributed by atoms with Gasteiger partial charge in [0.05, 0.1) is 14.2 Å². The van der Waals surface area contributed by atoms with Crippen molar-refractivity contribution >= 4 is 11.9 Å². The molecule has 48 heavy (non-hydrogen) atoms. The zero-order valence-corrected chi connectivity index (χ0v) is 26.7. The average Bonchev–Trinajstić information content (AvgIpc) is 3.05. The number of benzene rings is 2. The summed E-state index contributed by atoms with van der Waals surface area (Å²) in [5.41, 5.74) is 1.70. The molecule has 2 aliphatic rings. The van der Waals surface area contributed by atoms with E-state index in [4.69, 9.17) is 28.4 Å². The van der Waals surface area contributed by atoms with Gasteiger partial charge in [-0.15, -0.1) is 0 Å². The van der Waals surface area contributed by atoms with Crippen LogP contribution in [0.15, 0.2) is 36.4 Å². The van der Waals surface area contributed by atoms with Crippen LogP contribution in [0, 0.1) is 11.8 Å². The maximum atomic E-state index is 11.7. The number of rotatable bonds is 13. The van der Waals surface area contributed by atoms with Crippen molar-refractivity contribution in [1.82, 2.24) is 0 Å². The van der Waals surface area contributed by atoms with Crippen LogP contribution in [0.5, 0.6) is 23.0 Å². The van der Waals surface area contributed by atoms with Crippen molar-refractivity contribution in [1.29, 1.82) is 0 Å². The van der Waals surface area contributed by atoms with Gasteiger partial charge >= 0.3 is 11.9 Å². The second-order valence-corrected chi connectivity index (χ2v) is 12.0. The second kappa shape index (κ2) is 15.7. The molecule has 0 spiro atoms. The van der Waals surface area contributed by atoms with Crippen LogP contribution in [-0.2, 0) is 31.9 Å². The van der Waals surface area contributed by atoms with Crippen LogP contribution in [0.25, 0.3) is 0 Å². The molecule has 0 radical (unpaired) electrons. The highest BCUT2D eigenvalue weighted by Gasteiger charge is 2.50. The lowest BCUT2D eigenvalue weighted by atomic mass is 9.85. The Morgan fingerprint density at radius 2 is 1.00 bits per heavy atom. The first-order valence-corrected chi connectivity index (χ1v) is 15.2. The highest BCUT2D eigenvalue weighted by molar-refractivity contribution is 5.74. The molecule has 0 unspecified atom stereocenters. The summed E-state index contributed by atoms with van der Waals surface area (Å²) in [7, 11) is 3.11. The zero-order valence-electron chi connectivity index (χ0n) is 26.7. The van der Waals surface area contributed by atoms with Crippen LogP contribution >= 0.6 is 0 Å². The zero-order chi connectivity index (χ0) is 35.4. The molecule has 0 amide bonds. The molecule has 8 N–H and O–H groups in total. The van der Waals surface area contributed by atoms with Crippen LogP contribution in [0.1, 0.15) is 25.0 Å². The van der Waals surface area contributed by atoms with Crippen molar-refractivity contribution in [2.24, 2.45) is 11.8 Å². The summed E-state index contributed by atoms with van der Waals surface area (Å²) in [5.74, 6) is -2.25. The van der Waals surface area contributed by atoms with E-state index in [1.54, 1.807) is 20.3 Å². The summed E-state index contributed by atoms with van der Waals surface area (Å²) < 4.78 is 32.7. The number of hydrogen-bond donors (Lipinski definition) is 8. The molecular weight excluding hydrogens is 640 g/mol. The molecule has 2 aromatic rings. The minimum Gasteiger partial charge on any atom is -0.493 e. The molecule has 0 aromatic heterocycles. The second-order valence-electron chi connectivity index (χ2n) is 12.0. The van der Waals surface area contributed by atoms with E-state index in [1.165, 1.54) is 12.1 Å². The fourth-order valence-electron chi connectivity index (χ4n) is 5.57. The van der Waals surface area contributed by atoms with Gasteiger partial charge in [0.25, 0.3) is 0 Å². The van der Waals surface area contributed by atoms with E-state index in [-0.39, 0.29) is 23.3 Å². The fourth-order valence-corrected chi connectivity index (χ4v) is 5.57. The number of ether oxygens (including phenoxy) is 6. The number of aliphatic carboxylic acids is 2. The van der Waals surface area contributed by atoms with Gasteiger partial charge in [0, 0.05) is 0 Å². The van der Waals surface area contributed by atoms with Crippen LogP contribution in [-0.4, -0.2) is 128 Å². The Labute approximate surface area is 275 Å². The molecule has 2 saturated heterocycles. The van der Waals surface area contributed by atoms with Crippen molar-refractivity contribution in [3.63, 3.8) is 0 Å². The highest BCUT2D eigenvalue weighted by atomic mass is 16.7. The van der Waals surface area contributed by atoms with Gasteiger partial charge in [0.2, 0.25) is 12.6 Å². The van der Waals surface area contributed by atoms with E-state index in [2.05, 4.69) is 6.92 Å². The minimum atomic E-state index is -1.97. The van der Waals surface area contributed by atoms with Crippen LogP contribution in [0.4, 0.5) is 0 Å². The maximum absolute atomic E-state index is 11.7. The van der Waals surface area contributed by atoms with Gasteiger partial charge in [-0.1, -0.05) is 26.0 Å². The van der Waals surface area contributed by atoms with Gasteiger partial charge in [0.15, 0.2) is 35.2 Å². The first kappa shape index (κ1) is 37.1. The largest absolute Gasteiger partial charge is 0.493 e. The summed E-state index contributed by atoms with van der Waals surface area (Å²) in [6.07, 6.45) is -18.1. The van der Waals surface area contributed by atoms with Crippen molar-refractivity contribution in [3.8, 4) is 23.0 Å². The maximum Gasteiger partial charge on any atom is 0.335 e. The molecule has 2 aliphatic heterocycles. The topological polar surface area (TPSA) is 251 Å². The highest BCUT2D eigenvalue weighted by Crippen LogP contribution is 2.36. The normalized spacial score (nSPS) is 31.7. The SMILES string of the molecule is COc1ccc(C[C@H](C)[C@H](C)Cc2ccc(O[C@@H]3O[C@H](C(=O)O)[C@@H](O)[C@H](O)[C@H]3O)c(O[C@@H]3O[C@H](C(=O)O)[C@@H](O)[C@H](O)[C@H]3O)c2)cc1OC. The van der Waals surface area contributed by atoms with E-state index >= 15 is 0 Å². The van der Waals surface area contributed by atoms with Crippen molar-refractivity contribution in [3.05, 3.63) is 47.5 Å². The Hall–Kier alpha value is -3.74. The van der Waals surface area contributed by atoms with E-state index < -0.39 is 73.4 Å². The molecular formula is C32H42O16. The number of carbonyl (C=O) groups is 2. The van der Waals surface area contributed by atoms with Crippen LogP contribution in [0.2, 0.25) is 0 Å². The lowest BCUT2D eigenvalue weighted by Gasteiger charge is -2.40. The van der Waals surface area contributed by atoms with E-state index in [0.717, 1.165) is 5.56 Å². The number of aliphatic hydroxyl groups is 6. The average molecular weight is 683 g/mol. The van der Waals surface area contributed by atoms with Gasteiger partial charge in [-0.3, -0.25) is 0 Å². The number of carboxylic acids is 2. The molecule has 2 fully saturated rings. The standard InChI is InChI=1S/C32H42O16/c1-13(9-15-5-7-17(43-3)19(11-15)44-4)14(2)10-16-6-8-18(45-31-25(37)21(33)23(35)27(47-31)29(39)40)20(12-16)46-32-26(38)22(34)24(36)28(48-32)30(41)42/h5-8,11-14,21-28,31-38H,9-10H2,1-4H3,(H,39,40)(H,41,42)/t13-,14+,21-,22-,23-,24-,25+,26+,27-,28-,31+,32+/m0/s1. The summed E-state index contributed by atoms with van der Waals surface area (Å²) in [6.45, 7) is 4.10. The first-order chi connectivity index (χ1) is 22.7. The van der Waals surface area contributed by atoms with Gasteiger partial charge in [-0.25, -0.2) is 9.59 Å². The van der Waals surface area contributed by atoms with Crippen LogP contribution in [0.3, 0.4) is 0 Å². The lowest BCUT2D eigenvalue weighted by molar-refractivity contribution is -0.276. The van der Waals surface area contributed by atoms with E-state index in [0.29, 0.717) is 29.9 Å². The van der Waals surface area contributed by atoms with Crippen molar-refractivity contribution < 1.29 is 78.9 Å². The Bertz CT molecular complexity index is 1420. The molecule has 4 rings (SSSR count). The molecule has 266 valence electrons. The molecule has 0 aliphatic carbocycles. The molecule has 2 aromatic carbocycles. The third-order valence-corrected chi connectivity index (χ3v) is 8.66. The summed E-state index contributed by atoms with van der Waals surface area (Å²) >= 11 is 0. The molecule has 2 heterocycles. The predicted molar refractivity (Wildman–Crippen MR) is 162 cm³/mol. The lowest BCUT2D eigenvalue weighted by Crippen LogP contribution is -2.61. The van der Waals surface area contributed by atoms with Crippen LogP contribution < -0.4 is 18.9 Å². The molecule has 16 nitrogen and oxygen atoms in total. The fraction of sp³-hybridized carbons (Fsp3) is 0.562. The third kappa shape index (κ3) is 8.10. The van der Waals surface area contributed by atoms with Gasteiger partial charge in [-0.2, -0.15) is 0 Å². The number of methoxy groups -OCH3 is 2. The molecule has 0 bridgehead atoms. The smallest absolute Gasteiger partial charge is 0.335 e. The Morgan fingerprint density at radius 1 is 0.604 bits per heavy atom. The molecule has 0 saturated carbocycles.